The number of nitrogens with zero attached hydrogens (tertiary/aromatic N) is 1. The maximum absolute atomic E-state index is 11.3. The van der Waals surface area contributed by atoms with Crippen LogP contribution in [-0.2, 0) is 9.53 Å². The summed E-state index contributed by atoms with van der Waals surface area (Å²) in [4.78, 5) is 11.3. The summed E-state index contributed by atoms with van der Waals surface area (Å²) in [5.74, 6) is -0.949. The minimum absolute atomic E-state index is 0.0660. The van der Waals surface area contributed by atoms with Crippen molar-refractivity contribution >= 4 is 5.97 Å². The molecule has 0 aliphatic rings. The molecule has 0 aliphatic heterocycles. The first-order valence-electron chi connectivity index (χ1n) is 4.63. The van der Waals surface area contributed by atoms with Crippen LogP contribution < -0.4 is 0 Å². The van der Waals surface area contributed by atoms with Crippen LogP contribution in [0.5, 0.6) is 0 Å². The zero-order chi connectivity index (χ0) is 10.4. The molecule has 13 heavy (non-hydrogen) atoms. The third kappa shape index (κ3) is 3.93. The summed E-state index contributed by atoms with van der Waals surface area (Å²) in [5.41, 5.74) is 0. The summed E-state index contributed by atoms with van der Waals surface area (Å²) in [7, 11) is 0. The largest absolute Gasteiger partial charge is 0.462 e. The average molecular weight is 183 g/mol. The van der Waals surface area contributed by atoms with E-state index >= 15 is 0 Å². The van der Waals surface area contributed by atoms with Crippen molar-refractivity contribution in [2.75, 3.05) is 0 Å². The van der Waals surface area contributed by atoms with Gasteiger partial charge in [-0.05, 0) is 19.8 Å². The van der Waals surface area contributed by atoms with Crippen molar-refractivity contribution in [2.24, 2.45) is 11.8 Å². The molecule has 2 atom stereocenters. The normalized spacial score (nSPS) is 14.8. The second-order valence-corrected chi connectivity index (χ2v) is 3.48. The van der Waals surface area contributed by atoms with Crippen LogP contribution in [0.25, 0.3) is 0 Å². The van der Waals surface area contributed by atoms with Gasteiger partial charge in [0, 0.05) is 0 Å². The Balaban J connectivity index is 4.26. The van der Waals surface area contributed by atoms with Crippen molar-refractivity contribution in [2.45, 2.75) is 40.2 Å². The second kappa shape index (κ2) is 5.58. The van der Waals surface area contributed by atoms with Crippen molar-refractivity contribution in [3.63, 3.8) is 0 Å². The molecule has 0 radical (unpaired) electrons. The van der Waals surface area contributed by atoms with Gasteiger partial charge < -0.3 is 4.74 Å². The summed E-state index contributed by atoms with van der Waals surface area (Å²) >= 11 is 0. The molecular formula is C10H17NO2. The summed E-state index contributed by atoms with van der Waals surface area (Å²) in [6.45, 7) is 7.40. The van der Waals surface area contributed by atoms with E-state index in [0.29, 0.717) is 0 Å². The lowest BCUT2D eigenvalue weighted by Gasteiger charge is -2.16. The Bertz CT molecular complexity index is 205. The first-order valence-corrected chi connectivity index (χ1v) is 4.63. The predicted octanol–water partition coefficient (Wildman–Crippen LogP) is 2.12. The number of hydrogen-bond acceptors (Lipinski definition) is 3. The van der Waals surface area contributed by atoms with Crippen molar-refractivity contribution < 1.29 is 9.53 Å². The van der Waals surface area contributed by atoms with Gasteiger partial charge in [-0.3, -0.25) is 4.79 Å². The fourth-order valence-corrected chi connectivity index (χ4v) is 0.954. The Kier molecular flexibility index (Phi) is 5.13. The van der Waals surface area contributed by atoms with E-state index in [1.807, 2.05) is 19.9 Å². The highest BCUT2D eigenvalue weighted by molar-refractivity contribution is 5.75. The van der Waals surface area contributed by atoms with Gasteiger partial charge in [-0.1, -0.05) is 20.3 Å². The molecule has 0 aromatic carbocycles. The predicted molar refractivity (Wildman–Crippen MR) is 49.8 cm³/mol. The van der Waals surface area contributed by atoms with Gasteiger partial charge in [0.05, 0.1) is 12.2 Å². The minimum atomic E-state index is -0.618. The molecule has 0 saturated heterocycles. The molecule has 3 nitrogen and oxygen atoms in total. The van der Waals surface area contributed by atoms with Crippen molar-refractivity contribution in [1.29, 1.82) is 5.26 Å². The Hall–Kier alpha value is -1.04. The summed E-state index contributed by atoms with van der Waals surface area (Å²) in [6, 6.07) is 1.98. The quantitative estimate of drug-likeness (QED) is 0.627. The summed E-state index contributed by atoms with van der Waals surface area (Å²) in [6.07, 6.45) is 0.665. The fraction of sp³-hybridized carbons (Fsp3) is 0.800. The maximum Gasteiger partial charge on any atom is 0.323 e. The van der Waals surface area contributed by atoms with E-state index in [1.165, 1.54) is 0 Å². The van der Waals surface area contributed by atoms with Gasteiger partial charge in [0.2, 0.25) is 0 Å². The van der Waals surface area contributed by atoms with Crippen LogP contribution in [0, 0.1) is 23.2 Å². The monoisotopic (exact) mass is 183 g/mol. The highest BCUT2D eigenvalue weighted by Crippen LogP contribution is 2.16. The summed E-state index contributed by atoms with van der Waals surface area (Å²) in [5, 5.41) is 8.76. The molecule has 0 heterocycles. The van der Waals surface area contributed by atoms with E-state index in [-0.39, 0.29) is 12.0 Å². The zero-order valence-corrected chi connectivity index (χ0v) is 8.70. The molecule has 3 heteroatoms. The Morgan fingerprint density at radius 2 is 2.00 bits per heavy atom. The first kappa shape index (κ1) is 12.0. The third-order valence-electron chi connectivity index (χ3n) is 1.96. The molecule has 74 valence electrons. The van der Waals surface area contributed by atoms with Crippen LogP contribution in [0.15, 0.2) is 0 Å². The van der Waals surface area contributed by atoms with E-state index in [9.17, 15) is 4.79 Å². The van der Waals surface area contributed by atoms with E-state index in [2.05, 4.69) is 0 Å². The van der Waals surface area contributed by atoms with Crippen LogP contribution in [0.4, 0.5) is 0 Å². The SMILES string of the molecule is CCC(C)[C@H](C#N)C(=O)OC(C)C. The van der Waals surface area contributed by atoms with E-state index < -0.39 is 11.9 Å². The molecule has 0 saturated carbocycles. The lowest BCUT2D eigenvalue weighted by atomic mass is 9.93. The molecule has 0 spiro atoms. The Labute approximate surface area is 79.7 Å². The summed E-state index contributed by atoms with van der Waals surface area (Å²) < 4.78 is 4.96. The smallest absolute Gasteiger partial charge is 0.323 e. The molecule has 0 aromatic rings. The molecule has 0 bridgehead atoms. The van der Waals surface area contributed by atoms with Crippen LogP contribution in [0.1, 0.15) is 34.1 Å². The molecule has 0 N–H and O–H groups in total. The van der Waals surface area contributed by atoms with Gasteiger partial charge in [0.1, 0.15) is 5.92 Å². The van der Waals surface area contributed by atoms with Crippen molar-refractivity contribution in [3.05, 3.63) is 0 Å². The number of rotatable bonds is 4. The van der Waals surface area contributed by atoms with Gasteiger partial charge in [-0.15, -0.1) is 0 Å². The molecule has 0 aliphatic carbocycles. The minimum Gasteiger partial charge on any atom is -0.462 e. The first-order chi connectivity index (χ1) is 6.02. The van der Waals surface area contributed by atoms with Gasteiger partial charge in [0.25, 0.3) is 0 Å². The molecule has 0 aromatic heterocycles. The lowest BCUT2D eigenvalue weighted by molar-refractivity contribution is -0.151. The number of carbonyl (C=O) groups excluding carboxylic acids is 1. The van der Waals surface area contributed by atoms with Crippen LogP contribution in [0.2, 0.25) is 0 Å². The van der Waals surface area contributed by atoms with Gasteiger partial charge in [0.15, 0.2) is 0 Å². The average Bonchev–Trinajstić information content (AvgIpc) is 2.03. The number of hydrogen-bond donors (Lipinski definition) is 0. The standard InChI is InChI=1S/C10H17NO2/c1-5-8(4)9(6-11)10(12)13-7(2)3/h7-9H,5H2,1-4H3/t8?,9-/m0/s1. The number of nitriles is 1. The fourth-order valence-electron chi connectivity index (χ4n) is 0.954. The van der Waals surface area contributed by atoms with Gasteiger partial charge in [-0.25, -0.2) is 0 Å². The Morgan fingerprint density at radius 3 is 2.31 bits per heavy atom. The van der Waals surface area contributed by atoms with E-state index in [0.717, 1.165) is 6.42 Å². The van der Waals surface area contributed by atoms with E-state index in [1.54, 1.807) is 13.8 Å². The molecule has 0 rings (SSSR count). The Morgan fingerprint density at radius 1 is 1.46 bits per heavy atom. The molecular weight excluding hydrogens is 166 g/mol. The van der Waals surface area contributed by atoms with Crippen LogP contribution >= 0.6 is 0 Å². The molecule has 1 unspecified atom stereocenters. The topological polar surface area (TPSA) is 50.1 Å². The molecule has 0 amide bonds. The van der Waals surface area contributed by atoms with E-state index in [4.69, 9.17) is 10.00 Å². The maximum atomic E-state index is 11.3. The van der Waals surface area contributed by atoms with Crippen molar-refractivity contribution in [3.8, 4) is 6.07 Å². The van der Waals surface area contributed by atoms with Gasteiger partial charge in [-0.2, -0.15) is 5.26 Å². The number of ether oxygens (including phenoxy) is 1. The lowest BCUT2D eigenvalue weighted by Crippen LogP contribution is -2.24. The van der Waals surface area contributed by atoms with Crippen LogP contribution in [-0.4, -0.2) is 12.1 Å². The zero-order valence-electron chi connectivity index (χ0n) is 8.70. The van der Waals surface area contributed by atoms with Crippen LogP contribution in [0.3, 0.4) is 0 Å². The number of carbonyl (C=O) groups is 1. The third-order valence-corrected chi connectivity index (χ3v) is 1.96. The second-order valence-electron chi connectivity index (χ2n) is 3.48. The van der Waals surface area contributed by atoms with Gasteiger partial charge >= 0.3 is 5.97 Å². The molecule has 0 fully saturated rings. The van der Waals surface area contributed by atoms with Crippen molar-refractivity contribution in [1.82, 2.24) is 0 Å². The highest BCUT2D eigenvalue weighted by Gasteiger charge is 2.25. The highest BCUT2D eigenvalue weighted by atomic mass is 16.5. The number of esters is 1.